The Labute approximate surface area is 155 Å². The fraction of sp³-hybridized carbons (Fsp3) is 0.300. The number of piperazine rings is 1. The highest BCUT2D eigenvalue weighted by atomic mass is 19.1. The molecule has 1 aliphatic heterocycles. The lowest BCUT2D eigenvalue weighted by atomic mass is 10.0. The van der Waals surface area contributed by atoms with Gasteiger partial charge in [-0.15, -0.1) is 0 Å². The Hall–Kier alpha value is -2.64. The van der Waals surface area contributed by atoms with Gasteiger partial charge in [0.05, 0.1) is 23.3 Å². The highest BCUT2D eigenvalue weighted by molar-refractivity contribution is 5.76. The predicted octanol–water partition coefficient (Wildman–Crippen LogP) is 2.32. The van der Waals surface area contributed by atoms with Crippen LogP contribution in [0.25, 0.3) is 10.9 Å². The number of nitrogens with one attached hydrogen (secondary N) is 1. The molecule has 1 atom stereocenters. The normalized spacial score (nSPS) is 18.1. The minimum Gasteiger partial charge on any atom is -0.314 e. The molecule has 2 aromatic carbocycles. The van der Waals surface area contributed by atoms with Gasteiger partial charge in [0.15, 0.2) is 0 Å². The van der Waals surface area contributed by atoms with Crippen molar-refractivity contribution in [3.05, 3.63) is 76.3 Å². The molecule has 1 saturated heterocycles. The first-order valence-electron chi connectivity index (χ1n) is 8.97. The molecule has 7 heteroatoms. The van der Waals surface area contributed by atoms with Gasteiger partial charge in [0.1, 0.15) is 11.6 Å². The van der Waals surface area contributed by atoms with Crippen LogP contribution in [0.3, 0.4) is 0 Å². The van der Waals surface area contributed by atoms with E-state index >= 15 is 0 Å². The topological polar surface area (TPSA) is 50.2 Å². The van der Waals surface area contributed by atoms with E-state index in [4.69, 9.17) is 0 Å². The highest BCUT2D eigenvalue weighted by Gasteiger charge is 2.26. The number of benzene rings is 2. The van der Waals surface area contributed by atoms with E-state index < -0.39 is 11.6 Å². The van der Waals surface area contributed by atoms with Crippen molar-refractivity contribution in [2.45, 2.75) is 12.6 Å². The van der Waals surface area contributed by atoms with Crippen molar-refractivity contribution in [3.8, 4) is 0 Å². The van der Waals surface area contributed by atoms with Gasteiger partial charge in [0.2, 0.25) is 0 Å². The fourth-order valence-corrected chi connectivity index (χ4v) is 3.59. The van der Waals surface area contributed by atoms with Gasteiger partial charge in [-0.1, -0.05) is 12.1 Å². The third-order valence-corrected chi connectivity index (χ3v) is 5.03. The minimum absolute atomic E-state index is 0.0933. The Balaban J connectivity index is 1.57. The molecular weight excluding hydrogens is 350 g/mol. The molecule has 0 aliphatic carbocycles. The zero-order valence-electron chi connectivity index (χ0n) is 14.7. The van der Waals surface area contributed by atoms with E-state index in [0.29, 0.717) is 42.6 Å². The van der Waals surface area contributed by atoms with E-state index in [1.54, 1.807) is 23.0 Å². The lowest BCUT2D eigenvalue weighted by Crippen LogP contribution is -2.47. The number of para-hydroxylation sites is 1. The van der Waals surface area contributed by atoms with Crippen molar-refractivity contribution in [2.75, 3.05) is 26.2 Å². The molecule has 1 aliphatic rings. The molecule has 140 valence electrons. The maximum atomic E-state index is 14.2. The summed E-state index contributed by atoms with van der Waals surface area (Å²) in [4.78, 5) is 19.0. The maximum Gasteiger partial charge on any atom is 0.261 e. The molecule has 1 unspecified atom stereocenters. The second kappa shape index (κ2) is 7.54. The second-order valence-electron chi connectivity index (χ2n) is 6.68. The smallest absolute Gasteiger partial charge is 0.261 e. The summed E-state index contributed by atoms with van der Waals surface area (Å²) in [5.74, 6) is -0.869. The van der Waals surface area contributed by atoms with Gasteiger partial charge in [0, 0.05) is 38.3 Å². The van der Waals surface area contributed by atoms with Crippen LogP contribution in [0.4, 0.5) is 8.78 Å². The van der Waals surface area contributed by atoms with Crippen molar-refractivity contribution in [3.63, 3.8) is 0 Å². The molecule has 1 fully saturated rings. The van der Waals surface area contributed by atoms with E-state index in [-0.39, 0.29) is 11.6 Å². The van der Waals surface area contributed by atoms with Gasteiger partial charge in [0.25, 0.3) is 5.56 Å². The molecule has 0 bridgehead atoms. The van der Waals surface area contributed by atoms with Gasteiger partial charge in [-0.25, -0.2) is 13.8 Å². The average molecular weight is 370 g/mol. The summed E-state index contributed by atoms with van der Waals surface area (Å²) in [5.41, 5.74) is 0.913. The van der Waals surface area contributed by atoms with Crippen molar-refractivity contribution in [2.24, 2.45) is 0 Å². The molecule has 27 heavy (non-hydrogen) atoms. The molecule has 3 aromatic rings. The summed E-state index contributed by atoms with van der Waals surface area (Å²) >= 11 is 0. The quantitative estimate of drug-likeness (QED) is 0.766. The summed E-state index contributed by atoms with van der Waals surface area (Å²) in [6.45, 7) is 2.96. The molecule has 0 spiro atoms. The van der Waals surface area contributed by atoms with Gasteiger partial charge in [-0.2, -0.15) is 0 Å². The minimum atomic E-state index is -0.452. The largest absolute Gasteiger partial charge is 0.314 e. The van der Waals surface area contributed by atoms with Crippen LogP contribution in [0, 0.1) is 11.6 Å². The van der Waals surface area contributed by atoms with Crippen LogP contribution in [0.2, 0.25) is 0 Å². The first kappa shape index (κ1) is 17.8. The summed E-state index contributed by atoms with van der Waals surface area (Å²) in [6, 6.07) is 10.5. The van der Waals surface area contributed by atoms with Crippen molar-refractivity contribution >= 4 is 10.9 Å². The first-order chi connectivity index (χ1) is 13.1. The Morgan fingerprint density at radius 2 is 2.00 bits per heavy atom. The monoisotopic (exact) mass is 370 g/mol. The average Bonchev–Trinajstić information content (AvgIpc) is 2.70. The fourth-order valence-electron chi connectivity index (χ4n) is 3.59. The highest BCUT2D eigenvalue weighted by Crippen LogP contribution is 2.25. The number of aromatic nitrogens is 2. The van der Waals surface area contributed by atoms with Crippen LogP contribution < -0.4 is 10.9 Å². The number of hydrogen-bond acceptors (Lipinski definition) is 4. The van der Waals surface area contributed by atoms with Gasteiger partial charge in [-0.05, 0) is 30.3 Å². The molecule has 0 radical (unpaired) electrons. The van der Waals surface area contributed by atoms with Gasteiger partial charge >= 0.3 is 0 Å². The predicted molar refractivity (Wildman–Crippen MR) is 99.5 cm³/mol. The van der Waals surface area contributed by atoms with Gasteiger partial charge < -0.3 is 5.32 Å². The van der Waals surface area contributed by atoms with Crippen LogP contribution in [0.5, 0.6) is 0 Å². The van der Waals surface area contributed by atoms with Gasteiger partial charge in [-0.3, -0.25) is 14.3 Å². The Bertz CT molecular complexity index is 1020. The van der Waals surface area contributed by atoms with Crippen LogP contribution >= 0.6 is 0 Å². The number of halogens is 2. The Kier molecular flexibility index (Phi) is 4.96. The zero-order valence-corrected chi connectivity index (χ0v) is 14.7. The zero-order chi connectivity index (χ0) is 18.8. The molecule has 1 aromatic heterocycles. The summed E-state index contributed by atoms with van der Waals surface area (Å²) in [5, 5.41) is 3.81. The third kappa shape index (κ3) is 3.61. The van der Waals surface area contributed by atoms with Crippen LogP contribution in [0.1, 0.15) is 11.6 Å². The van der Waals surface area contributed by atoms with E-state index in [0.717, 1.165) is 18.7 Å². The van der Waals surface area contributed by atoms with E-state index in [9.17, 15) is 13.6 Å². The summed E-state index contributed by atoms with van der Waals surface area (Å²) in [6.07, 6.45) is 1.55. The van der Waals surface area contributed by atoms with E-state index in [1.165, 1.54) is 6.07 Å². The van der Waals surface area contributed by atoms with E-state index in [2.05, 4.69) is 15.2 Å². The van der Waals surface area contributed by atoms with Crippen molar-refractivity contribution in [1.82, 2.24) is 19.8 Å². The van der Waals surface area contributed by atoms with E-state index in [1.807, 2.05) is 12.1 Å². The molecule has 5 nitrogen and oxygen atoms in total. The lowest BCUT2D eigenvalue weighted by Gasteiger charge is -2.36. The molecular formula is C20H20F2N4O. The lowest BCUT2D eigenvalue weighted by molar-refractivity contribution is 0.152. The SMILES string of the molecule is O=c1c2ccccc2ncn1CCN1CCNCC1c1cc(F)ccc1F. The van der Waals surface area contributed by atoms with Crippen molar-refractivity contribution in [1.29, 1.82) is 0 Å². The Morgan fingerprint density at radius 3 is 2.89 bits per heavy atom. The maximum absolute atomic E-state index is 14.2. The second-order valence-corrected chi connectivity index (χ2v) is 6.68. The number of nitrogens with zero attached hydrogens (tertiary/aromatic N) is 3. The van der Waals surface area contributed by atoms with Crippen LogP contribution in [-0.4, -0.2) is 40.6 Å². The summed E-state index contributed by atoms with van der Waals surface area (Å²) < 4.78 is 29.4. The molecule has 0 saturated carbocycles. The number of rotatable bonds is 4. The Morgan fingerprint density at radius 1 is 1.15 bits per heavy atom. The van der Waals surface area contributed by atoms with Crippen LogP contribution in [0.15, 0.2) is 53.6 Å². The van der Waals surface area contributed by atoms with Crippen LogP contribution in [-0.2, 0) is 6.54 Å². The molecule has 1 N–H and O–H groups in total. The molecule has 0 amide bonds. The number of hydrogen-bond donors (Lipinski definition) is 1. The standard InChI is InChI=1S/C20H20F2N4O/c21-14-5-6-17(22)16(11-14)19-12-23-7-8-25(19)9-10-26-13-24-18-4-2-1-3-15(18)20(26)27/h1-6,11,13,19,23H,7-10,12H2. The molecule has 2 heterocycles. The summed E-state index contributed by atoms with van der Waals surface area (Å²) in [7, 11) is 0. The number of fused-ring (bicyclic) bond motifs is 1. The third-order valence-electron chi connectivity index (χ3n) is 5.03. The first-order valence-corrected chi connectivity index (χ1v) is 8.97. The van der Waals surface area contributed by atoms with Crippen molar-refractivity contribution < 1.29 is 8.78 Å². The molecule has 4 rings (SSSR count).